The van der Waals surface area contributed by atoms with E-state index in [9.17, 15) is 14.7 Å². The van der Waals surface area contributed by atoms with Crippen molar-refractivity contribution in [2.75, 3.05) is 13.2 Å². The highest BCUT2D eigenvalue weighted by molar-refractivity contribution is 8.14. The molecular weight excluding hydrogens is 252 g/mol. The van der Waals surface area contributed by atoms with Crippen molar-refractivity contribution in [3.63, 3.8) is 0 Å². The smallest absolute Gasteiger partial charge is 0.157 e. The van der Waals surface area contributed by atoms with E-state index < -0.39 is 0 Å². The molecule has 5 atom stereocenters. The van der Waals surface area contributed by atoms with E-state index in [1.807, 2.05) is 6.92 Å². The van der Waals surface area contributed by atoms with Gasteiger partial charge in [0.25, 0.3) is 0 Å². The Balaban J connectivity index is 2.21. The zero-order valence-electron chi connectivity index (χ0n) is 10.3. The molecule has 5 nitrogen and oxygen atoms in total. The number of amidine groups is 1. The lowest BCUT2D eigenvalue weighted by Gasteiger charge is -2.38. The Morgan fingerprint density at radius 1 is 1.44 bits per heavy atom. The van der Waals surface area contributed by atoms with Crippen molar-refractivity contribution in [1.29, 1.82) is 0 Å². The van der Waals surface area contributed by atoms with E-state index in [0.29, 0.717) is 6.54 Å². The number of hydrogen-bond acceptors (Lipinski definition) is 5. The van der Waals surface area contributed by atoms with Gasteiger partial charge >= 0.3 is 0 Å². The molecule has 1 saturated carbocycles. The lowest BCUT2D eigenvalue weighted by molar-refractivity contribution is -0.124. The maximum Gasteiger partial charge on any atom is 0.157 e. The lowest BCUT2D eigenvalue weighted by Crippen LogP contribution is -2.51. The van der Waals surface area contributed by atoms with E-state index >= 15 is 0 Å². The molecule has 6 heteroatoms. The first-order valence-corrected chi connectivity index (χ1v) is 7.12. The summed E-state index contributed by atoms with van der Waals surface area (Å²) in [5.74, 6) is -0.868. The fourth-order valence-electron chi connectivity index (χ4n) is 2.83. The third-order valence-electron chi connectivity index (χ3n) is 3.74. The first-order chi connectivity index (χ1) is 8.74. The zero-order valence-corrected chi connectivity index (χ0v) is 11.1. The van der Waals surface area contributed by atoms with Gasteiger partial charge in [-0.15, -0.1) is 0 Å². The molecule has 2 rings (SSSR count). The molecule has 5 unspecified atom stereocenters. The predicted octanol–water partition coefficient (Wildman–Crippen LogP) is 0.0783. The molecule has 100 valence electrons. The lowest BCUT2D eigenvalue weighted by atomic mass is 9.70. The van der Waals surface area contributed by atoms with Crippen molar-refractivity contribution in [3.05, 3.63) is 0 Å². The van der Waals surface area contributed by atoms with Gasteiger partial charge in [-0.3, -0.25) is 4.99 Å². The molecule has 0 bridgehead atoms. The van der Waals surface area contributed by atoms with Crippen LogP contribution in [0.1, 0.15) is 13.3 Å². The van der Waals surface area contributed by atoms with E-state index in [0.717, 1.165) is 24.2 Å². The average molecular weight is 270 g/mol. The summed E-state index contributed by atoms with van der Waals surface area (Å²) in [4.78, 5) is 26.7. The second-order valence-corrected chi connectivity index (χ2v) is 5.94. The van der Waals surface area contributed by atoms with Crippen LogP contribution in [0.4, 0.5) is 0 Å². The maximum absolute atomic E-state index is 11.3. The second-order valence-electron chi connectivity index (χ2n) is 4.71. The van der Waals surface area contributed by atoms with Crippen molar-refractivity contribution in [2.45, 2.75) is 24.6 Å². The van der Waals surface area contributed by atoms with Crippen LogP contribution in [-0.4, -0.2) is 47.3 Å². The summed E-state index contributed by atoms with van der Waals surface area (Å²) in [6.07, 6.45) is 2.41. The SMILES string of the molecule is CCN=C1NC2C(CC(CO)C(C=O)C2C=O)S1. The molecule has 0 aromatic heterocycles. The molecule has 0 aromatic rings. The molecule has 1 heterocycles. The number of aliphatic hydroxyl groups excluding tert-OH is 1. The van der Waals surface area contributed by atoms with Gasteiger partial charge in [-0.1, -0.05) is 11.8 Å². The van der Waals surface area contributed by atoms with Gasteiger partial charge in [0, 0.05) is 30.2 Å². The predicted molar refractivity (Wildman–Crippen MR) is 70.6 cm³/mol. The summed E-state index contributed by atoms with van der Waals surface area (Å²) in [5, 5.41) is 13.7. The Bertz CT molecular complexity index is 361. The Morgan fingerprint density at radius 3 is 2.72 bits per heavy atom. The molecule has 0 radical (unpaired) electrons. The number of thioether (sulfide) groups is 1. The molecule has 1 aliphatic heterocycles. The first kappa shape index (κ1) is 13.5. The summed E-state index contributed by atoms with van der Waals surface area (Å²) in [7, 11) is 0. The van der Waals surface area contributed by atoms with Crippen LogP contribution in [-0.2, 0) is 9.59 Å². The van der Waals surface area contributed by atoms with Crippen LogP contribution in [0.3, 0.4) is 0 Å². The quantitative estimate of drug-likeness (QED) is 0.707. The van der Waals surface area contributed by atoms with Crippen LogP contribution < -0.4 is 5.32 Å². The van der Waals surface area contributed by atoms with Gasteiger partial charge in [-0.05, 0) is 19.3 Å². The Labute approximate surface area is 110 Å². The molecular formula is C12H18N2O3S. The Hall–Kier alpha value is -0.880. The number of hydrogen-bond donors (Lipinski definition) is 2. The Kier molecular flexibility index (Phi) is 4.40. The molecule has 18 heavy (non-hydrogen) atoms. The van der Waals surface area contributed by atoms with E-state index in [-0.39, 0.29) is 35.7 Å². The van der Waals surface area contributed by atoms with Crippen LogP contribution in [0.2, 0.25) is 0 Å². The molecule has 0 spiro atoms. The Morgan fingerprint density at radius 2 is 2.17 bits per heavy atom. The number of carbonyl (C=O) groups excluding carboxylic acids is 2. The van der Waals surface area contributed by atoms with Crippen LogP contribution in [0.5, 0.6) is 0 Å². The van der Waals surface area contributed by atoms with Gasteiger partial charge in [0.2, 0.25) is 0 Å². The standard InChI is InChI=1S/C12H18N2O3S/c1-2-13-12-14-11-9(6-17)8(5-16)7(4-15)3-10(11)18-12/h5-11,15H,2-4H2,1H3,(H,13,14). The number of aliphatic imine (C=N–C) groups is 1. The monoisotopic (exact) mass is 270 g/mol. The minimum atomic E-state index is -0.386. The van der Waals surface area contributed by atoms with E-state index in [1.165, 1.54) is 0 Å². The van der Waals surface area contributed by atoms with Crippen molar-refractivity contribution in [1.82, 2.24) is 5.32 Å². The summed E-state index contributed by atoms with van der Waals surface area (Å²) in [6.45, 7) is 2.61. The van der Waals surface area contributed by atoms with E-state index in [4.69, 9.17) is 0 Å². The number of aldehydes is 2. The van der Waals surface area contributed by atoms with Crippen LogP contribution in [0.25, 0.3) is 0 Å². The molecule has 0 aromatic carbocycles. The normalized spacial score (nSPS) is 41.2. The molecule has 2 fully saturated rings. The van der Waals surface area contributed by atoms with Crippen molar-refractivity contribution in [3.8, 4) is 0 Å². The van der Waals surface area contributed by atoms with E-state index in [1.54, 1.807) is 11.8 Å². The van der Waals surface area contributed by atoms with Crippen LogP contribution in [0, 0.1) is 17.8 Å². The molecule has 1 aliphatic carbocycles. The summed E-state index contributed by atoms with van der Waals surface area (Å²) in [5.41, 5.74) is 0. The van der Waals surface area contributed by atoms with Gasteiger partial charge in [-0.2, -0.15) is 0 Å². The zero-order chi connectivity index (χ0) is 13.1. The molecule has 1 saturated heterocycles. The number of aliphatic hydroxyl groups is 1. The largest absolute Gasteiger partial charge is 0.396 e. The summed E-state index contributed by atoms with van der Waals surface area (Å²) >= 11 is 1.62. The minimum absolute atomic E-state index is 0.0317. The van der Waals surface area contributed by atoms with Gasteiger partial charge in [-0.25, -0.2) is 0 Å². The number of fused-ring (bicyclic) bond motifs is 1. The van der Waals surface area contributed by atoms with Crippen LogP contribution in [0.15, 0.2) is 4.99 Å². The molecule has 0 amide bonds. The molecule has 2 aliphatic rings. The van der Waals surface area contributed by atoms with Gasteiger partial charge in [0.1, 0.15) is 12.6 Å². The van der Waals surface area contributed by atoms with Gasteiger partial charge < -0.3 is 20.0 Å². The van der Waals surface area contributed by atoms with Gasteiger partial charge in [0.15, 0.2) is 5.17 Å². The van der Waals surface area contributed by atoms with Gasteiger partial charge in [0.05, 0.1) is 6.04 Å². The number of carbonyl (C=O) groups is 2. The summed E-state index contributed by atoms with van der Waals surface area (Å²) < 4.78 is 0. The topological polar surface area (TPSA) is 78.8 Å². The summed E-state index contributed by atoms with van der Waals surface area (Å²) in [6, 6.07) is -0.0317. The third-order valence-corrected chi connectivity index (χ3v) is 5.00. The fraction of sp³-hybridized carbons (Fsp3) is 0.750. The van der Waals surface area contributed by atoms with Crippen LogP contribution >= 0.6 is 11.8 Å². The van der Waals surface area contributed by atoms with Crippen molar-refractivity contribution in [2.24, 2.45) is 22.7 Å². The maximum atomic E-state index is 11.3. The third kappa shape index (κ3) is 2.31. The molecule has 2 N–H and O–H groups in total. The number of rotatable bonds is 4. The number of nitrogens with one attached hydrogen (secondary N) is 1. The highest BCUT2D eigenvalue weighted by atomic mass is 32.2. The van der Waals surface area contributed by atoms with Crippen molar-refractivity contribution >= 4 is 29.5 Å². The average Bonchev–Trinajstić information content (AvgIpc) is 2.78. The van der Waals surface area contributed by atoms with Crippen molar-refractivity contribution < 1.29 is 14.7 Å². The minimum Gasteiger partial charge on any atom is -0.396 e. The first-order valence-electron chi connectivity index (χ1n) is 6.24. The highest BCUT2D eigenvalue weighted by Crippen LogP contribution is 2.42. The highest BCUT2D eigenvalue weighted by Gasteiger charge is 2.48. The van der Waals surface area contributed by atoms with E-state index in [2.05, 4.69) is 10.3 Å². The second kappa shape index (κ2) is 5.84. The number of nitrogens with zero attached hydrogens (tertiary/aromatic N) is 1. The fourth-order valence-corrected chi connectivity index (χ4v) is 4.27.